The van der Waals surface area contributed by atoms with Crippen LogP contribution in [0.2, 0.25) is 0 Å². The molecule has 1 saturated heterocycles. The minimum Gasteiger partial charge on any atom is -0.343 e. The van der Waals surface area contributed by atoms with Gasteiger partial charge in [-0.2, -0.15) is 5.10 Å². The highest BCUT2D eigenvalue weighted by molar-refractivity contribution is 9.10. The van der Waals surface area contributed by atoms with Crippen LogP contribution in [0.1, 0.15) is 27.8 Å². The van der Waals surface area contributed by atoms with Crippen molar-refractivity contribution in [1.82, 2.24) is 25.3 Å². The van der Waals surface area contributed by atoms with Crippen molar-refractivity contribution < 1.29 is 4.79 Å². The van der Waals surface area contributed by atoms with Crippen molar-refractivity contribution in [3.8, 4) is 0 Å². The average Bonchev–Trinajstić information content (AvgIpc) is 2.96. The molecule has 7 heteroatoms. The van der Waals surface area contributed by atoms with Gasteiger partial charge in [-0.15, -0.1) is 0 Å². The molecule has 1 aromatic heterocycles. The van der Waals surface area contributed by atoms with Crippen LogP contribution >= 0.6 is 15.9 Å². The second-order valence-electron chi connectivity index (χ2n) is 6.55. The zero-order valence-electron chi connectivity index (χ0n) is 14.6. The largest absolute Gasteiger partial charge is 0.343 e. The number of aryl methyl sites for hydroxylation is 1. The maximum Gasteiger partial charge on any atom is 0.273 e. The number of aromatic amines is 1. The second-order valence-corrected chi connectivity index (χ2v) is 7.34. The number of carbonyl (C=O) groups is 1. The number of aromatic nitrogens is 2. The minimum atomic E-state index is -0.167. The van der Waals surface area contributed by atoms with Crippen LogP contribution < -0.4 is 5.32 Å². The quantitative estimate of drug-likeness (QED) is 0.799. The van der Waals surface area contributed by atoms with E-state index >= 15 is 0 Å². The number of H-pyrrole nitrogens is 1. The van der Waals surface area contributed by atoms with Gasteiger partial charge in [0.15, 0.2) is 5.69 Å². The lowest BCUT2D eigenvalue weighted by atomic mass is 10.1. The first-order chi connectivity index (χ1) is 12.0. The predicted octanol–water partition coefficient (Wildman–Crippen LogP) is 2.20. The van der Waals surface area contributed by atoms with E-state index in [0.29, 0.717) is 5.69 Å². The molecular formula is C18H24BrN5O. The van der Waals surface area contributed by atoms with Gasteiger partial charge in [-0.3, -0.25) is 14.8 Å². The maximum absolute atomic E-state index is 12.7. The summed E-state index contributed by atoms with van der Waals surface area (Å²) in [7, 11) is 2.14. The molecule has 1 aliphatic rings. The number of carbonyl (C=O) groups excluding carboxylic acids is 1. The third kappa shape index (κ3) is 4.48. The van der Waals surface area contributed by atoms with E-state index in [9.17, 15) is 4.79 Å². The zero-order valence-corrected chi connectivity index (χ0v) is 16.2. The van der Waals surface area contributed by atoms with Crippen molar-refractivity contribution in [3.63, 3.8) is 0 Å². The van der Waals surface area contributed by atoms with Gasteiger partial charge >= 0.3 is 0 Å². The summed E-state index contributed by atoms with van der Waals surface area (Å²) < 4.78 is 0.719. The molecule has 0 aliphatic carbocycles. The van der Waals surface area contributed by atoms with E-state index in [4.69, 9.17) is 0 Å². The van der Waals surface area contributed by atoms with E-state index < -0.39 is 0 Å². The van der Waals surface area contributed by atoms with E-state index in [0.717, 1.165) is 48.5 Å². The van der Waals surface area contributed by atoms with Crippen LogP contribution in [0.15, 0.2) is 34.8 Å². The number of nitrogens with one attached hydrogen (secondary N) is 2. The number of nitrogens with zero attached hydrogens (tertiary/aromatic N) is 3. The Hall–Kier alpha value is -1.70. The fourth-order valence-corrected chi connectivity index (χ4v) is 3.36. The van der Waals surface area contributed by atoms with Gasteiger partial charge in [-0.1, -0.05) is 30.3 Å². The summed E-state index contributed by atoms with van der Waals surface area (Å²) in [6.45, 7) is 6.82. The molecule has 6 nitrogen and oxygen atoms in total. The first-order valence-corrected chi connectivity index (χ1v) is 9.31. The fourth-order valence-electron chi connectivity index (χ4n) is 3.00. The molecule has 1 atom stereocenters. The van der Waals surface area contributed by atoms with E-state index in [1.54, 1.807) is 0 Å². The molecule has 2 heterocycles. The number of halogens is 1. The molecular weight excluding hydrogens is 382 g/mol. The lowest BCUT2D eigenvalue weighted by Gasteiger charge is -2.35. The maximum atomic E-state index is 12.7. The number of rotatable bonds is 5. The van der Waals surface area contributed by atoms with Crippen molar-refractivity contribution in [2.75, 3.05) is 39.8 Å². The van der Waals surface area contributed by atoms with Gasteiger partial charge in [0.1, 0.15) is 0 Å². The third-order valence-electron chi connectivity index (χ3n) is 4.63. The van der Waals surface area contributed by atoms with Gasteiger partial charge in [0.2, 0.25) is 0 Å². The molecule has 2 N–H and O–H groups in total. The molecule has 0 bridgehead atoms. The monoisotopic (exact) mass is 405 g/mol. The number of piperazine rings is 1. The standard InChI is InChI=1S/C18H24BrN5O/c1-13-16(19)17(22-21-13)18(25)20-15(14-6-4-3-5-7-14)12-24-10-8-23(2)9-11-24/h3-7,15H,8-12H2,1-2H3,(H,20,25)(H,21,22). The van der Waals surface area contributed by atoms with Crippen LogP contribution in [-0.2, 0) is 0 Å². The summed E-state index contributed by atoms with van der Waals surface area (Å²) in [6.07, 6.45) is 0. The van der Waals surface area contributed by atoms with Gasteiger partial charge in [-0.05, 0) is 35.5 Å². The van der Waals surface area contributed by atoms with Crippen molar-refractivity contribution in [1.29, 1.82) is 0 Å². The van der Waals surface area contributed by atoms with Crippen LogP contribution in [0.25, 0.3) is 0 Å². The second kappa shape index (κ2) is 8.12. The number of likely N-dealkylation sites (N-methyl/N-ethyl adjacent to an activating group) is 1. The van der Waals surface area contributed by atoms with Crippen molar-refractivity contribution >= 4 is 21.8 Å². The Morgan fingerprint density at radius 1 is 1.28 bits per heavy atom. The van der Waals surface area contributed by atoms with Crippen molar-refractivity contribution in [2.45, 2.75) is 13.0 Å². The Morgan fingerprint density at radius 2 is 1.96 bits per heavy atom. The summed E-state index contributed by atoms with van der Waals surface area (Å²) in [4.78, 5) is 17.4. The van der Waals surface area contributed by atoms with Crippen LogP contribution in [0.5, 0.6) is 0 Å². The highest BCUT2D eigenvalue weighted by Crippen LogP contribution is 2.20. The van der Waals surface area contributed by atoms with Crippen LogP contribution in [-0.4, -0.2) is 65.7 Å². The Labute approximate surface area is 156 Å². The molecule has 2 aromatic rings. The normalized spacial score (nSPS) is 17.4. The highest BCUT2D eigenvalue weighted by atomic mass is 79.9. The molecule has 134 valence electrons. The van der Waals surface area contributed by atoms with Crippen LogP contribution in [0, 0.1) is 6.92 Å². The van der Waals surface area contributed by atoms with E-state index in [1.807, 2.05) is 25.1 Å². The van der Waals surface area contributed by atoms with E-state index in [2.05, 4.69) is 60.4 Å². The molecule has 25 heavy (non-hydrogen) atoms. The number of hydrogen-bond donors (Lipinski definition) is 2. The molecule has 1 fully saturated rings. The van der Waals surface area contributed by atoms with Gasteiger partial charge in [0, 0.05) is 38.4 Å². The zero-order chi connectivity index (χ0) is 17.8. The Balaban J connectivity index is 1.74. The van der Waals surface area contributed by atoms with E-state index in [-0.39, 0.29) is 11.9 Å². The summed E-state index contributed by atoms with van der Waals surface area (Å²) in [5.74, 6) is -0.167. The lowest BCUT2D eigenvalue weighted by molar-refractivity contribution is 0.0901. The molecule has 1 aliphatic heterocycles. The van der Waals surface area contributed by atoms with Crippen LogP contribution in [0.3, 0.4) is 0 Å². The SMILES string of the molecule is Cc1[nH]nc(C(=O)NC(CN2CCN(C)CC2)c2ccccc2)c1Br. The highest BCUT2D eigenvalue weighted by Gasteiger charge is 2.24. The first kappa shape index (κ1) is 18.1. The summed E-state index contributed by atoms with van der Waals surface area (Å²) in [6, 6.07) is 10.1. The number of benzene rings is 1. The van der Waals surface area contributed by atoms with Crippen LogP contribution in [0.4, 0.5) is 0 Å². The lowest BCUT2D eigenvalue weighted by Crippen LogP contribution is -2.47. The van der Waals surface area contributed by atoms with Crippen molar-refractivity contribution in [3.05, 3.63) is 51.8 Å². The van der Waals surface area contributed by atoms with Gasteiger partial charge in [-0.25, -0.2) is 0 Å². The molecule has 1 amide bonds. The average molecular weight is 406 g/mol. The van der Waals surface area contributed by atoms with Crippen molar-refractivity contribution in [2.24, 2.45) is 0 Å². The molecule has 1 unspecified atom stereocenters. The third-order valence-corrected chi connectivity index (χ3v) is 5.60. The molecule has 0 saturated carbocycles. The minimum absolute atomic E-state index is 0.0685. The molecule has 0 radical (unpaired) electrons. The molecule has 0 spiro atoms. The number of hydrogen-bond acceptors (Lipinski definition) is 4. The Kier molecular flexibility index (Phi) is 5.88. The topological polar surface area (TPSA) is 64.3 Å². The summed E-state index contributed by atoms with van der Waals surface area (Å²) >= 11 is 3.43. The van der Waals surface area contributed by atoms with Gasteiger partial charge in [0.25, 0.3) is 5.91 Å². The van der Waals surface area contributed by atoms with Gasteiger partial charge < -0.3 is 10.2 Å². The van der Waals surface area contributed by atoms with Gasteiger partial charge in [0.05, 0.1) is 10.5 Å². The smallest absolute Gasteiger partial charge is 0.273 e. The number of amides is 1. The predicted molar refractivity (Wildman–Crippen MR) is 102 cm³/mol. The van der Waals surface area contributed by atoms with E-state index in [1.165, 1.54) is 0 Å². The molecule has 3 rings (SSSR count). The summed E-state index contributed by atoms with van der Waals surface area (Å²) in [5.41, 5.74) is 2.36. The Morgan fingerprint density at radius 3 is 2.56 bits per heavy atom. The first-order valence-electron chi connectivity index (χ1n) is 8.51. The summed E-state index contributed by atoms with van der Waals surface area (Å²) in [5, 5.41) is 10.1. The fraction of sp³-hybridized carbons (Fsp3) is 0.444. The Bertz CT molecular complexity index is 710. The molecule has 1 aromatic carbocycles.